The molecule has 5 heteroatoms. The molecule has 0 amide bonds. The van der Waals surface area contributed by atoms with Crippen molar-refractivity contribution in [1.29, 1.82) is 0 Å². The number of nitrogens with zero attached hydrogens (tertiary/aromatic N) is 1. The fourth-order valence-corrected chi connectivity index (χ4v) is 2.94. The van der Waals surface area contributed by atoms with Crippen LogP contribution in [-0.4, -0.2) is 41.7 Å². The SMILES string of the molecule is CC(C)N1CCC(C(COc2cccc(Cl)c2)C(=O)O)C1. The van der Waals surface area contributed by atoms with E-state index >= 15 is 0 Å². The zero-order valence-electron chi connectivity index (χ0n) is 12.5. The van der Waals surface area contributed by atoms with E-state index in [1.54, 1.807) is 24.3 Å². The van der Waals surface area contributed by atoms with Gasteiger partial charge in [-0.3, -0.25) is 4.79 Å². The lowest BCUT2D eigenvalue weighted by Crippen LogP contribution is -2.33. The van der Waals surface area contributed by atoms with Gasteiger partial charge in [0.05, 0.1) is 5.92 Å². The Hall–Kier alpha value is -1.26. The molecule has 2 unspecified atom stereocenters. The Bertz CT molecular complexity index is 492. The number of carboxylic acids is 1. The highest BCUT2D eigenvalue weighted by atomic mass is 35.5. The summed E-state index contributed by atoms with van der Waals surface area (Å²) in [6.07, 6.45) is 0.911. The number of halogens is 1. The summed E-state index contributed by atoms with van der Waals surface area (Å²) in [7, 11) is 0. The summed E-state index contributed by atoms with van der Waals surface area (Å²) in [5, 5.41) is 10.1. The van der Waals surface area contributed by atoms with Crippen LogP contribution in [0.25, 0.3) is 0 Å². The van der Waals surface area contributed by atoms with E-state index in [9.17, 15) is 9.90 Å². The Labute approximate surface area is 130 Å². The van der Waals surface area contributed by atoms with E-state index < -0.39 is 11.9 Å². The zero-order valence-corrected chi connectivity index (χ0v) is 13.2. The van der Waals surface area contributed by atoms with E-state index in [1.807, 2.05) is 0 Å². The maximum absolute atomic E-state index is 11.5. The maximum atomic E-state index is 11.5. The summed E-state index contributed by atoms with van der Waals surface area (Å²) < 4.78 is 5.63. The highest BCUT2D eigenvalue weighted by Gasteiger charge is 2.35. The van der Waals surface area contributed by atoms with Crippen LogP contribution in [0.2, 0.25) is 5.02 Å². The first-order chi connectivity index (χ1) is 9.97. The van der Waals surface area contributed by atoms with Crippen molar-refractivity contribution >= 4 is 17.6 Å². The molecule has 1 heterocycles. The van der Waals surface area contributed by atoms with Crippen LogP contribution >= 0.6 is 11.6 Å². The van der Waals surface area contributed by atoms with Crippen molar-refractivity contribution in [1.82, 2.24) is 4.90 Å². The van der Waals surface area contributed by atoms with Crippen LogP contribution in [0.4, 0.5) is 0 Å². The Kier molecular flexibility index (Phi) is 5.48. The molecule has 1 fully saturated rings. The van der Waals surface area contributed by atoms with Gasteiger partial charge in [-0.05, 0) is 50.9 Å². The Morgan fingerprint density at radius 2 is 2.29 bits per heavy atom. The molecule has 2 rings (SSSR count). The Morgan fingerprint density at radius 3 is 2.86 bits per heavy atom. The van der Waals surface area contributed by atoms with E-state index in [2.05, 4.69) is 18.7 Å². The van der Waals surface area contributed by atoms with Gasteiger partial charge in [0.15, 0.2) is 0 Å². The molecule has 0 aromatic heterocycles. The van der Waals surface area contributed by atoms with Gasteiger partial charge in [0, 0.05) is 17.6 Å². The van der Waals surface area contributed by atoms with Crippen LogP contribution in [0.15, 0.2) is 24.3 Å². The summed E-state index contributed by atoms with van der Waals surface area (Å²) in [4.78, 5) is 13.8. The van der Waals surface area contributed by atoms with Crippen molar-refractivity contribution < 1.29 is 14.6 Å². The summed E-state index contributed by atoms with van der Waals surface area (Å²) >= 11 is 5.90. The normalized spacial score (nSPS) is 20.7. The van der Waals surface area contributed by atoms with Gasteiger partial charge in [-0.2, -0.15) is 0 Å². The highest BCUT2D eigenvalue weighted by Crippen LogP contribution is 2.27. The van der Waals surface area contributed by atoms with Gasteiger partial charge in [0.25, 0.3) is 0 Å². The predicted octanol–water partition coefficient (Wildman–Crippen LogP) is 3.15. The molecule has 2 atom stereocenters. The molecular formula is C16H22ClNO3. The third-order valence-electron chi connectivity index (χ3n) is 4.10. The monoisotopic (exact) mass is 311 g/mol. The van der Waals surface area contributed by atoms with E-state index in [1.165, 1.54) is 0 Å². The topological polar surface area (TPSA) is 49.8 Å². The highest BCUT2D eigenvalue weighted by molar-refractivity contribution is 6.30. The van der Waals surface area contributed by atoms with Crippen molar-refractivity contribution in [2.75, 3.05) is 19.7 Å². The lowest BCUT2D eigenvalue weighted by atomic mass is 9.92. The number of hydrogen-bond acceptors (Lipinski definition) is 3. The molecule has 0 radical (unpaired) electrons. The lowest BCUT2D eigenvalue weighted by Gasteiger charge is -2.23. The average Bonchev–Trinajstić information content (AvgIpc) is 2.88. The molecule has 1 aromatic rings. The molecule has 1 N–H and O–H groups in total. The van der Waals surface area contributed by atoms with Crippen LogP contribution in [0.1, 0.15) is 20.3 Å². The summed E-state index contributed by atoms with van der Waals surface area (Å²) in [5.74, 6) is -0.503. The van der Waals surface area contributed by atoms with Crippen LogP contribution in [-0.2, 0) is 4.79 Å². The number of carboxylic acid groups (broad SMARTS) is 1. The van der Waals surface area contributed by atoms with Gasteiger partial charge in [-0.1, -0.05) is 17.7 Å². The fourth-order valence-electron chi connectivity index (χ4n) is 2.76. The molecule has 1 saturated heterocycles. The van der Waals surface area contributed by atoms with Crippen LogP contribution in [0, 0.1) is 11.8 Å². The first-order valence-electron chi connectivity index (χ1n) is 7.32. The number of hydrogen-bond donors (Lipinski definition) is 1. The van der Waals surface area contributed by atoms with Crippen LogP contribution in [0.3, 0.4) is 0 Å². The minimum Gasteiger partial charge on any atom is -0.493 e. The number of likely N-dealkylation sites (tertiary alicyclic amines) is 1. The van der Waals surface area contributed by atoms with Gasteiger partial charge in [0.2, 0.25) is 0 Å². The second-order valence-corrected chi connectivity index (χ2v) is 6.29. The quantitative estimate of drug-likeness (QED) is 0.877. The Morgan fingerprint density at radius 1 is 1.52 bits per heavy atom. The van der Waals surface area contributed by atoms with E-state index in [0.717, 1.165) is 19.5 Å². The zero-order chi connectivity index (χ0) is 15.4. The molecule has 4 nitrogen and oxygen atoms in total. The minimum absolute atomic E-state index is 0.143. The molecule has 0 spiro atoms. The van der Waals surface area contributed by atoms with Crippen molar-refractivity contribution in [3.8, 4) is 5.75 Å². The summed E-state index contributed by atoms with van der Waals surface area (Å²) in [6, 6.07) is 7.51. The van der Waals surface area contributed by atoms with Gasteiger partial charge in [-0.15, -0.1) is 0 Å². The number of ether oxygens (including phenoxy) is 1. The number of benzene rings is 1. The van der Waals surface area contributed by atoms with Crippen molar-refractivity contribution in [3.63, 3.8) is 0 Å². The smallest absolute Gasteiger partial charge is 0.310 e. The van der Waals surface area contributed by atoms with E-state index in [0.29, 0.717) is 16.8 Å². The third-order valence-corrected chi connectivity index (χ3v) is 4.33. The van der Waals surface area contributed by atoms with Crippen molar-refractivity contribution in [2.45, 2.75) is 26.3 Å². The number of aliphatic carboxylic acids is 1. The largest absolute Gasteiger partial charge is 0.493 e. The van der Waals surface area contributed by atoms with Gasteiger partial charge >= 0.3 is 5.97 Å². The first-order valence-corrected chi connectivity index (χ1v) is 7.70. The molecule has 1 aliphatic heterocycles. The molecule has 21 heavy (non-hydrogen) atoms. The van der Waals surface area contributed by atoms with E-state index in [-0.39, 0.29) is 12.5 Å². The number of rotatable bonds is 6. The molecule has 1 aliphatic rings. The Balaban J connectivity index is 1.95. The van der Waals surface area contributed by atoms with Gasteiger partial charge in [0.1, 0.15) is 12.4 Å². The van der Waals surface area contributed by atoms with Crippen molar-refractivity contribution in [2.24, 2.45) is 11.8 Å². The second kappa shape index (κ2) is 7.14. The molecule has 1 aromatic carbocycles. The number of carbonyl (C=O) groups is 1. The molecule has 0 saturated carbocycles. The molecule has 0 bridgehead atoms. The van der Waals surface area contributed by atoms with Crippen LogP contribution in [0.5, 0.6) is 5.75 Å². The third kappa shape index (κ3) is 4.35. The summed E-state index contributed by atoms with van der Waals surface area (Å²) in [6.45, 7) is 6.25. The average molecular weight is 312 g/mol. The predicted molar refractivity (Wildman–Crippen MR) is 82.9 cm³/mol. The minimum atomic E-state index is -0.785. The standard InChI is InChI=1S/C16H22ClNO3/c1-11(2)18-7-6-12(9-18)15(16(19)20)10-21-14-5-3-4-13(17)8-14/h3-5,8,11-12,15H,6-7,9-10H2,1-2H3,(H,19,20). The molecule has 116 valence electrons. The van der Waals surface area contributed by atoms with Gasteiger partial charge < -0.3 is 14.7 Å². The lowest BCUT2D eigenvalue weighted by molar-refractivity contribution is -0.144. The molecule has 0 aliphatic carbocycles. The van der Waals surface area contributed by atoms with Gasteiger partial charge in [-0.25, -0.2) is 0 Å². The fraction of sp³-hybridized carbons (Fsp3) is 0.562. The van der Waals surface area contributed by atoms with Crippen LogP contribution < -0.4 is 4.74 Å². The second-order valence-electron chi connectivity index (χ2n) is 5.85. The van der Waals surface area contributed by atoms with E-state index in [4.69, 9.17) is 16.3 Å². The van der Waals surface area contributed by atoms with Crippen molar-refractivity contribution in [3.05, 3.63) is 29.3 Å². The molecular weight excluding hydrogens is 290 g/mol. The maximum Gasteiger partial charge on any atom is 0.310 e. The first kappa shape index (κ1) is 16.1. The summed E-state index contributed by atoms with van der Waals surface area (Å²) in [5.41, 5.74) is 0.